The van der Waals surface area contributed by atoms with Crippen LogP contribution in [0.3, 0.4) is 0 Å². The molecule has 9 rings (SSSR count). The summed E-state index contributed by atoms with van der Waals surface area (Å²) in [4.78, 5) is 33.5. The summed E-state index contributed by atoms with van der Waals surface area (Å²) in [5, 5.41) is 0.927. The maximum absolute atomic E-state index is 15.3. The number of rotatable bonds is 0. The van der Waals surface area contributed by atoms with E-state index in [0.717, 1.165) is 0 Å². The number of nitrogens with one attached hydrogen (secondary N) is 2. The molecule has 0 radical (unpaired) electrons. The van der Waals surface area contributed by atoms with E-state index in [0.29, 0.717) is 21.9 Å². The summed E-state index contributed by atoms with van der Waals surface area (Å²) >= 11 is 0. The molecule has 210 valence electrons. The van der Waals surface area contributed by atoms with Crippen molar-refractivity contribution in [3.05, 3.63) is 96.1 Å². The smallest absolute Gasteiger partial charge is 0.167 e. The molecule has 5 heterocycles. The number of fused-ring (bicyclic) bond motifs is 20. The van der Waals surface area contributed by atoms with Crippen molar-refractivity contribution >= 4 is 44.1 Å². The first kappa shape index (κ1) is 24.5. The van der Waals surface area contributed by atoms with Crippen LogP contribution < -0.4 is 0 Å². The van der Waals surface area contributed by atoms with E-state index >= 15 is 17.6 Å². The second kappa shape index (κ2) is 8.74. The van der Waals surface area contributed by atoms with E-state index in [1.165, 1.54) is 48.5 Å². The zero-order valence-corrected chi connectivity index (χ0v) is 22.1. The van der Waals surface area contributed by atoms with Gasteiger partial charge in [-0.2, -0.15) is 0 Å². The highest BCUT2D eigenvalue weighted by Crippen LogP contribution is 2.39. The number of aromatic amines is 2. The Morgan fingerprint density at radius 2 is 0.773 bits per heavy atom. The Labute approximate surface area is 243 Å². The molecular formula is C32H14F4N8. The van der Waals surface area contributed by atoms with Crippen LogP contribution in [0.1, 0.15) is 0 Å². The summed E-state index contributed by atoms with van der Waals surface area (Å²) in [5.74, 6) is -2.31. The third-order valence-electron chi connectivity index (χ3n) is 7.74. The Balaban J connectivity index is 1.54. The van der Waals surface area contributed by atoms with Gasteiger partial charge in [0, 0.05) is 21.9 Å². The van der Waals surface area contributed by atoms with Crippen LogP contribution >= 0.6 is 0 Å². The molecule has 0 amide bonds. The minimum Gasteiger partial charge on any atom is -0.324 e. The van der Waals surface area contributed by atoms with Crippen LogP contribution in [-0.2, 0) is 0 Å². The van der Waals surface area contributed by atoms with Gasteiger partial charge < -0.3 is 9.97 Å². The summed E-state index contributed by atoms with van der Waals surface area (Å²) in [7, 11) is 0. The van der Waals surface area contributed by atoms with Gasteiger partial charge in [0.25, 0.3) is 0 Å². The maximum atomic E-state index is 15.3. The van der Waals surface area contributed by atoms with Crippen molar-refractivity contribution < 1.29 is 17.6 Å². The van der Waals surface area contributed by atoms with Crippen LogP contribution in [0.25, 0.3) is 89.7 Å². The van der Waals surface area contributed by atoms with Crippen LogP contribution in [0.2, 0.25) is 0 Å². The molecule has 8 nitrogen and oxygen atoms in total. The second-order valence-electron chi connectivity index (χ2n) is 10.3. The summed E-state index contributed by atoms with van der Waals surface area (Å²) < 4.78 is 61.2. The van der Waals surface area contributed by atoms with Crippen molar-refractivity contribution in [1.29, 1.82) is 0 Å². The molecule has 8 bridgehead atoms. The molecule has 0 unspecified atom stereocenters. The quantitative estimate of drug-likeness (QED) is 0.179. The van der Waals surface area contributed by atoms with Crippen LogP contribution in [0, 0.1) is 23.3 Å². The lowest BCUT2D eigenvalue weighted by molar-refractivity contribution is 0.631. The number of hydrogen-bond donors (Lipinski definition) is 2. The van der Waals surface area contributed by atoms with Crippen molar-refractivity contribution in [2.24, 2.45) is 0 Å². The lowest BCUT2D eigenvalue weighted by Gasteiger charge is -1.99. The van der Waals surface area contributed by atoms with E-state index in [-0.39, 0.29) is 67.8 Å². The van der Waals surface area contributed by atoms with Crippen LogP contribution in [-0.4, -0.2) is 39.9 Å². The number of benzene rings is 4. The van der Waals surface area contributed by atoms with E-state index in [1.807, 2.05) is 0 Å². The van der Waals surface area contributed by atoms with E-state index < -0.39 is 23.3 Å². The standard InChI is InChI=1S/C32H14F4N8/c33-17-9-1-5-13-21(17)29-38-25(13)37-26-14-6-2-10-18(34)22(14)30(39-26)41-28-16-8-4-12-20(36)24(16)32(43-28)44-31-23-15(27(40-29)42-31)7-3-11-19(23)35/h1-12H,(H2,37,38,39,40,41,42,43,44). The molecule has 12 heteroatoms. The highest BCUT2D eigenvalue weighted by molar-refractivity contribution is 6.06. The van der Waals surface area contributed by atoms with Crippen molar-refractivity contribution in [2.45, 2.75) is 0 Å². The fourth-order valence-corrected chi connectivity index (χ4v) is 5.82. The molecule has 0 saturated carbocycles. The predicted octanol–water partition coefficient (Wildman–Crippen LogP) is 7.43. The average molecular weight is 587 g/mol. The highest BCUT2D eigenvalue weighted by Gasteiger charge is 2.26. The fraction of sp³-hybridized carbons (Fsp3) is 0. The van der Waals surface area contributed by atoms with Crippen molar-refractivity contribution in [3.63, 3.8) is 0 Å². The molecule has 2 N–H and O–H groups in total. The monoisotopic (exact) mass is 586 g/mol. The van der Waals surface area contributed by atoms with E-state index in [4.69, 9.17) is 0 Å². The van der Waals surface area contributed by atoms with E-state index in [1.54, 1.807) is 24.3 Å². The third kappa shape index (κ3) is 3.38. The van der Waals surface area contributed by atoms with Crippen molar-refractivity contribution in [1.82, 2.24) is 39.9 Å². The van der Waals surface area contributed by atoms with Gasteiger partial charge in [-0.05, 0) is 24.3 Å². The summed E-state index contributed by atoms with van der Waals surface area (Å²) in [6.45, 7) is 0. The first-order valence-corrected chi connectivity index (χ1v) is 13.4. The zero-order valence-electron chi connectivity index (χ0n) is 22.1. The molecule has 4 aromatic carbocycles. The Morgan fingerprint density at radius 1 is 0.386 bits per heavy atom. The predicted molar refractivity (Wildman–Crippen MR) is 156 cm³/mol. The van der Waals surface area contributed by atoms with Gasteiger partial charge in [-0.3, -0.25) is 0 Å². The Hall–Kier alpha value is -6.04. The number of aromatic nitrogens is 8. The first-order chi connectivity index (χ1) is 21.4. The van der Waals surface area contributed by atoms with Crippen molar-refractivity contribution in [2.75, 3.05) is 0 Å². The largest absolute Gasteiger partial charge is 0.324 e. The lowest BCUT2D eigenvalue weighted by Crippen LogP contribution is -1.87. The molecule has 3 aromatic heterocycles. The first-order valence-electron chi connectivity index (χ1n) is 13.4. The SMILES string of the molecule is Fc1cccc2c1-c1nc-2nc2[nH]c(nc3nc(nc4[nH]c(n1)c1cccc(F)c41)-c1c(F)cccc1-3)c1c(F)cccc21. The van der Waals surface area contributed by atoms with Crippen LogP contribution in [0.5, 0.6) is 0 Å². The fourth-order valence-electron chi connectivity index (χ4n) is 5.82. The normalized spacial score (nSPS) is 12.1. The van der Waals surface area contributed by atoms with Gasteiger partial charge in [-0.1, -0.05) is 48.5 Å². The summed E-state index contributed by atoms with van der Waals surface area (Å²) in [5.41, 5.74) is 1.26. The molecule has 2 aliphatic rings. The molecular weight excluding hydrogens is 572 g/mol. The topological polar surface area (TPSA) is 109 Å². The molecule has 0 fully saturated rings. The Morgan fingerprint density at radius 3 is 1.27 bits per heavy atom. The average Bonchev–Trinajstić information content (AvgIpc) is 3.74. The minimum atomic E-state index is -0.622. The Kier molecular flexibility index (Phi) is 4.87. The number of halogens is 4. The third-order valence-corrected chi connectivity index (χ3v) is 7.74. The van der Waals surface area contributed by atoms with E-state index in [2.05, 4.69) is 39.9 Å². The highest BCUT2D eigenvalue weighted by atomic mass is 19.1. The molecule has 0 spiro atoms. The number of H-pyrrole nitrogens is 2. The molecule has 0 atom stereocenters. The zero-order chi connectivity index (χ0) is 29.7. The summed E-state index contributed by atoms with van der Waals surface area (Å²) in [6, 6.07) is 17.7. The van der Waals surface area contributed by atoms with Gasteiger partial charge in [0.05, 0.1) is 21.9 Å². The Bertz CT molecular complexity index is 2570. The van der Waals surface area contributed by atoms with Gasteiger partial charge in [0.15, 0.2) is 23.3 Å². The van der Waals surface area contributed by atoms with Crippen LogP contribution in [0.15, 0.2) is 72.8 Å². The lowest BCUT2D eigenvalue weighted by atomic mass is 10.1. The number of nitrogens with zero attached hydrogens (tertiary/aromatic N) is 6. The maximum Gasteiger partial charge on any atom is 0.167 e. The number of hydrogen-bond acceptors (Lipinski definition) is 6. The van der Waals surface area contributed by atoms with Gasteiger partial charge in [-0.25, -0.2) is 47.5 Å². The van der Waals surface area contributed by atoms with Gasteiger partial charge in [0.2, 0.25) is 0 Å². The second-order valence-corrected chi connectivity index (χ2v) is 10.3. The van der Waals surface area contributed by atoms with Gasteiger partial charge in [0.1, 0.15) is 45.9 Å². The van der Waals surface area contributed by atoms with Gasteiger partial charge in [-0.15, -0.1) is 0 Å². The molecule has 0 aliphatic carbocycles. The van der Waals surface area contributed by atoms with E-state index in [9.17, 15) is 0 Å². The molecule has 2 aliphatic heterocycles. The van der Waals surface area contributed by atoms with Gasteiger partial charge >= 0.3 is 0 Å². The molecule has 0 saturated heterocycles. The summed E-state index contributed by atoms with van der Waals surface area (Å²) in [6.07, 6.45) is 0. The molecule has 44 heavy (non-hydrogen) atoms. The van der Waals surface area contributed by atoms with Crippen LogP contribution in [0.4, 0.5) is 17.6 Å². The van der Waals surface area contributed by atoms with Crippen molar-refractivity contribution in [3.8, 4) is 45.6 Å². The molecule has 7 aromatic rings. The minimum absolute atomic E-state index is 0.0121.